The molecule has 1 aliphatic heterocycles. The van der Waals surface area contributed by atoms with Gasteiger partial charge in [-0.1, -0.05) is 84.5 Å². The van der Waals surface area contributed by atoms with Gasteiger partial charge < -0.3 is 5.32 Å². The Balaban J connectivity index is 1.11. The number of benzene rings is 1. The summed E-state index contributed by atoms with van der Waals surface area (Å²) in [6.07, 6.45) is 37.8. The molecule has 206 valence electrons. The largest absolute Gasteiger partial charge is 0.314 e. The van der Waals surface area contributed by atoms with E-state index in [1.807, 2.05) is 0 Å². The van der Waals surface area contributed by atoms with Gasteiger partial charge in [0.2, 0.25) is 0 Å². The second-order valence-corrected chi connectivity index (χ2v) is 12.8. The minimum Gasteiger partial charge on any atom is -0.314 e. The lowest BCUT2D eigenvalue weighted by molar-refractivity contribution is 0.540. The zero-order valence-corrected chi connectivity index (χ0v) is 24.1. The molecule has 0 saturated carbocycles. The van der Waals surface area contributed by atoms with E-state index in [1.54, 1.807) is 39.0 Å². The van der Waals surface area contributed by atoms with Crippen LogP contribution in [0.3, 0.4) is 0 Å². The van der Waals surface area contributed by atoms with Gasteiger partial charge in [0, 0.05) is 12.0 Å². The van der Waals surface area contributed by atoms with Gasteiger partial charge >= 0.3 is 0 Å². The molecule has 1 saturated heterocycles. The first-order valence-corrected chi connectivity index (χ1v) is 16.2. The average Bonchev–Trinajstić information content (AvgIpc) is 3.54. The molecule has 1 aromatic carbocycles. The van der Waals surface area contributed by atoms with Crippen molar-refractivity contribution in [1.29, 1.82) is 0 Å². The van der Waals surface area contributed by atoms with E-state index < -0.39 is 0 Å². The summed E-state index contributed by atoms with van der Waals surface area (Å²) in [6, 6.07) is 10.1. The maximum atomic E-state index is 3.68. The standard InChI is InChI=1S/C39H45N/c1-2-10-29(11-3-1)32-12-7-13-33(27-32)30-18-20-31(21-19-30)36-22-23-37(39-17-5-4-16-38(36)39)34-14-6-9-28(25-34)26-35-15-8-24-40-35/h1-3,5-6,9-10,13-14,17,20,25,27,29-30,35,40H,4,7-8,11-12,15-16,18-19,21-24,26H2. The Kier molecular flexibility index (Phi) is 7.75. The highest BCUT2D eigenvalue weighted by Gasteiger charge is 2.28. The van der Waals surface area contributed by atoms with E-state index in [1.165, 1.54) is 94.7 Å². The quantitative estimate of drug-likeness (QED) is 0.388. The topological polar surface area (TPSA) is 12.0 Å². The third-order valence-electron chi connectivity index (χ3n) is 10.3. The van der Waals surface area contributed by atoms with Crippen LogP contribution in [0.5, 0.6) is 0 Å². The van der Waals surface area contributed by atoms with Crippen LogP contribution in [0.15, 0.2) is 112 Å². The van der Waals surface area contributed by atoms with E-state index in [4.69, 9.17) is 0 Å². The fraction of sp³-hybridized carbons (Fsp3) is 0.436. The number of nitrogens with one attached hydrogen (secondary N) is 1. The first kappa shape index (κ1) is 26.0. The molecular weight excluding hydrogens is 482 g/mol. The zero-order valence-electron chi connectivity index (χ0n) is 24.1. The maximum absolute atomic E-state index is 3.68. The van der Waals surface area contributed by atoms with E-state index in [-0.39, 0.29) is 0 Å². The number of fused-ring (bicyclic) bond motifs is 1. The lowest BCUT2D eigenvalue weighted by Gasteiger charge is -2.32. The van der Waals surface area contributed by atoms with E-state index in [9.17, 15) is 0 Å². The van der Waals surface area contributed by atoms with Gasteiger partial charge in [-0.25, -0.2) is 0 Å². The van der Waals surface area contributed by atoms with Crippen LogP contribution in [0.4, 0.5) is 0 Å². The van der Waals surface area contributed by atoms with E-state index in [0.29, 0.717) is 17.9 Å². The molecule has 3 atom stereocenters. The van der Waals surface area contributed by atoms with Crippen molar-refractivity contribution in [3.8, 4) is 0 Å². The van der Waals surface area contributed by atoms with Crippen LogP contribution in [0.1, 0.15) is 88.2 Å². The molecule has 0 aromatic heterocycles. The van der Waals surface area contributed by atoms with E-state index >= 15 is 0 Å². The fourth-order valence-electron chi connectivity index (χ4n) is 8.15. The number of allylic oxidation sites excluding steroid dienone is 16. The molecule has 40 heavy (non-hydrogen) atoms. The predicted octanol–water partition coefficient (Wildman–Crippen LogP) is 9.68. The van der Waals surface area contributed by atoms with Crippen molar-refractivity contribution < 1.29 is 0 Å². The molecule has 1 N–H and O–H groups in total. The Hall–Kier alpha value is -2.90. The molecule has 0 spiro atoms. The predicted molar refractivity (Wildman–Crippen MR) is 170 cm³/mol. The highest BCUT2D eigenvalue weighted by atomic mass is 14.9. The molecule has 1 heterocycles. The van der Waals surface area contributed by atoms with Crippen molar-refractivity contribution in [3.63, 3.8) is 0 Å². The number of hydrogen-bond acceptors (Lipinski definition) is 1. The molecule has 0 bridgehead atoms. The van der Waals surface area contributed by atoms with Gasteiger partial charge in [-0.2, -0.15) is 0 Å². The third kappa shape index (κ3) is 5.51. The Morgan fingerprint density at radius 1 is 0.825 bits per heavy atom. The van der Waals surface area contributed by atoms with Gasteiger partial charge in [0.25, 0.3) is 0 Å². The Morgan fingerprint density at radius 3 is 2.65 bits per heavy atom. The van der Waals surface area contributed by atoms with Gasteiger partial charge in [0.05, 0.1) is 0 Å². The molecule has 1 fully saturated rings. The summed E-state index contributed by atoms with van der Waals surface area (Å²) in [6.45, 7) is 1.18. The molecule has 1 heteroatoms. The summed E-state index contributed by atoms with van der Waals surface area (Å²) in [4.78, 5) is 0. The lowest BCUT2D eigenvalue weighted by Crippen LogP contribution is -2.23. The minimum absolute atomic E-state index is 0.622. The summed E-state index contributed by atoms with van der Waals surface area (Å²) < 4.78 is 0. The van der Waals surface area contributed by atoms with Crippen molar-refractivity contribution in [2.75, 3.05) is 6.54 Å². The van der Waals surface area contributed by atoms with Crippen LogP contribution < -0.4 is 5.32 Å². The number of rotatable bonds is 6. The molecule has 3 unspecified atom stereocenters. The highest BCUT2D eigenvalue weighted by molar-refractivity contribution is 5.79. The van der Waals surface area contributed by atoms with Crippen LogP contribution in [0.25, 0.3) is 5.57 Å². The summed E-state index contributed by atoms with van der Waals surface area (Å²) in [5.74, 6) is 1.32. The van der Waals surface area contributed by atoms with Crippen molar-refractivity contribution in [1.82, 2.24) is 5.32 Å². The first-order valence-electron chi connectivity index (χ1n) is 16.2. The van der Waals surface area contributed by atoms with Crippen LogP contribution in [-0.4, -0.2) is 12.6 Å². The van der Waals surface area contributed by atoms with Crippen molar-refractivity contribution >= 4 is 5.57 Å². The number of hydrogen-bond donors (Lipinski definition) is 1. The summed E-state index contributed by atoms with van der Waals surface area (Å²) >= 11 is 0. The molecule has 7 rings (SSSR count). The molecule has 6 aliphatic rings. The summed E-state index contributed by atoms with van der Waals surface area (Å²) in [7, 11) is 0. The normalized spacial score (nSPS) is 28.4. The summed E-state index contributed by atoms with van der Waals surface area (Å²) in [5, 5.41) is 3.68. The van der Waals surface area contributed by atoms with Crippen molar-refractivity contribution in [2.24, 2.45) is 11.8 Å². The maximum Gasteiger partial charge on any atom is 0.0108 e. The van der Waals surface area contributed by atoms with Gasteiger partial charge in [0.1, 0.15) is 0 Å². The van der Waals surface area contributed by atoms with Gasteiger partial charge in [-0.3, -0.25) is 0 Å². The molecule has 1 nitrogen and oxygen atoms in total. The molecular formula is C39H45N. The second kappa shape index (κ2) is 11.9. The Bertz CT molecular complexity index is 1380. The van der Waals surface area contributed by atoms with E-state index in [2.05, 4.69) is 84.3 Å². The first-order chi connectivity index (χ1) is 19.8. The molecule has 5 aliphatic carbocycles. The Labute approximate surface area is 241 Å². The third-order valence-corrected chi connectivity index (χ3v) is 10.3. The van der Waals surface area contributed by atoms with Crippen LogP contribution in [-0.2, 0) is 6.42 Å². The van der Waals surface area contributed by atoms with Crippen LogP contribution >= 0.6 is 0 Å². The smallest absolute Gasteiger partial charge is 0.0108 e. The minimum atomic E-state index is 0.622. The lowest BCUT2D eigenvalue weighted by atomic mass is 9.73. The van der Waals surface area contributed by atoms with Crippen LogP contribution in [0, 0.1) is 11.8 Å². The van der Waals surface area contributed by atoms with Crippen molar-refractivity contribution in [2.45, 2.75) is 89.5 Å². The van der Waals surface area contributed by atoms with Gasteiger partial charge in [-0.15, -0.1) is 0 Å². The SMILES string of the molecule is C1=CCC(C2=CC(C3CC=C(C4=C5CCC=CC5=C(c5cccc(CC6CCCN6)c5)CC4)CC3)=CCC2)C=C1. The second-order valence-electron chi connectivity index (χ2n) is 12.8. The van der Waals surface area contributed by atoms with Crippen LogP contribution in [0.2, 0.25) is 0 Å². The zero-order chi connectivity index (χ0) is 26.7. The summed E-state index contributed by atoms with van der Waals surface area (Å²) in [5.41, 5.74) is 14.4. The molecule has 0 amide bonds. The van der Waals surface area contributed by atoms with Gasteiger partial charge in [-0.05, 0) is 140 Å². The Morgan fingerprint density at radius 2 is 1.80 bits per heavy atom. The monoisotopic (exact) mass is 527 g/mol. The average molecular weight is 528 g/mol. The molecule has 1 aromatic rings. The van der Waals surface area contributed by atoms with Gasteiger partial charge in [0.15, 0.2) is 0 Å². The van der Waals surface area contributed by atoms with Crippen molar-refractivity contribution in [3.05, 3.63) is 124 Å². The highest BCUT2D eigenvalue weighted by Crippen LogP contribution is 2.46. The fourth-order valence-corrected chi connectivity index (χ4v) is 8.15. The molecule has 0 radical (unpaired) electrons. The van der Waals surface area contributed by atoms with E-state index in [0.717, 1.165) is 6.42 Å².